The van der Waals surface area contributed by atoms with Crippen LogP contribution in [0.4, 0.5) is 0 Å². The minimum atomic E-state index is -0.489. The van der Waals surface area contributed by atoms with Crippen molar-refractivity contribution in [3.05, 3.63) is 63.9 Å². The van der Waals surface area contributed by atoms with E-state index in [4.69, 9.17) is 4.74 Å². The van der Waals surface area contributed by atoms with Gasteiger partial charge >= 0.3 is 5.97 Å². The van der Waals surface area contributed by atoms with Gasteiger partial charge in [0.1, 0.15) is 0 Å². The number of carbonyl (C=O) groups is 2. The first kappa shape index (κ1) is 20.5. The summed E-state index contributed by atoms with van der Waals surface area (Å²) in [6.07, 6.45) is 8.34. The minimum Gasteiger partial charge on any atom is -0.454 e. The Balaban J connectivity index is 1.39. The van der Waals surface area contributed by atoms with Crippen molar-refractivity contribution in [3.8, 4) is 0 Å². The summed E-state index contributed by atoms with van der Waals surface area (Å²) in [7, 11) is 0. The van der Waals surface area contributed by atoms with Crippen LogP contribution in [0.2, 0.25) is 0 Å². The summed E-state index contributed by atoms with van der Waals surface area (Å²) in [6, 6.07) is 7.13. The van der Waals surface area contributed by atoms with E-state index in [2.05, 4.69) is 15.6 Å². The lowest BCUT2D eigenvalue weighted by atomic mass is 9.97. The van der Waals surface area contributed by atoms with Gasteiger partial charge in [-0.1, -0.05) is 11.6 Å². The second-order valence-corrected chi connectivity index (χ2v) is 8.72. The van der Waals surface area contributed by atoms with Crippen LogP contribution in [0.3, 0.4) is 0 Å². The van der Waals surface area contributed by atoms with Crippen molar-refractivity contribution in [1.29, 1.82) is 0 Å². The summed E-state index contributed by atoms with van der Waals surface area (Å²) >= 11 is 1.47. The molecule has 1 aliphatic rings. The van der Waals surface area contributed by atoms with E-state index in [1.807, 2.05) is 19.9 Å². The summed E-state index contributed by atoms with van der Waals surface area (Å²) < 4.78 is 8.43. The van der Waals surface area contributed by atoms with Crippen LogP contribution in [0.15, 0.2) is 41.4 Å². The number of Topliss-reactive ketones (excluding diaryl/α,β-unsaturated/α-hetero) is 1. The maximum absolute atomic E-state index is 12.7. The van der Waals surface area contributed by atoms with Gasteiger partial charge in [-0.3, -0.25) is 4.79 Å². The molecular weight excluding hydrogens is 396 g/mol. The highest BCUT2D eigenvalue weighted by Gasteiger charge is 2.18. The zero-order chi connectivity index (χ0) is 21.1. The van der Waals surface area contributed by atoms with E-state index in [-0.39, 0.29) is 12.4 Å². The molecule has 0 aliphatic heterocycles. The van der Waals surface area contributed by atoms with Crippen LogP contribution in [0.5, 0.6) is 0 Å². The van der Waals surface area contributed by atoms with Crippen LogP contribution < -0.4 is 0 Å². The van der Waals surface area contributed by atoms with Gasteiger partial charge in [0.15, 0.2) is 6.61 Å². The standard InChI is InChI=1S/C24H26N2O3S/c1-16-12-20(17(2)26(16)11-10-18-6-4-3-5-7-18)22(27)14-29-24(28)19-8-9-21-23(13-19)30-15-25-21/h6,8-9,12-13,15H,3-5,7,10-11,14H2,1-2H3. The van der Waals surface area contributed by atoms with E-state index in [1.54, 1.807) is 23.7 Å². The SMILES string of the molecule is Cc1cc(C(=O)COC(=O)c2ccc3ncsc3c2)c(C)n1CCC1=CCCCC1. The second kappa shape index (κ2) is 8.96. The molecule has 0 saturated carbocycles. The number of aromatic nitrogens is 2. The van der Waals surface area contributed by atoms with Gasteiger partial charge < -0.3 is 9.30 Å². The predicted octanol–water partition coefficient (Wildman–Crippen LogP) is 5.64. The van der Waals surface area contributed by atoms with Gasteiger partial charge in [0.05, 0.1) is 21.3 Å². The van der Waals surface area contributed by atoms with Crippen molar-refractivity contribution in [2.45, 2.75) is 52.5 Å². The second-order valence-electron chi connectivity index (χ2n) is 7.83. The van der Waals surface area contributed by atoms with Gasteiger partial charge in [-0.2, -0.15) is 0 Å². The minimum absolute atomic E-state index is 0.168. The average Bonchev–Trinajstić information content (AvgIpc) is 3.34. The molecule has 30 heavy (non-hydrogen) atoms. The lowest BCUT2D eigenvalue weighted by Crippen LogP contribution is -2.15. The number of thiazole rings is 1. The number of benzene rings is 1. The number of fused-ring (bicyclic) bond motifs is 1. The zero-order valence-electron chi connectivity index (χ0n) is 17.4. The number of rotatable bonds is 7. The Bertz CT molecular complexity index is 1120. The van der Waals surface area contributed by atoms with E-state index < -0.39 is 5.97 Å². The van der Waals surface area contributed by atoms with Gasteiger partial charge in [0.2, 0.25) is 5.78 Å². The average molecular weight is 423 g/mol. The molecule has 0 N–H and O–H groups in total. The molecule has 4 rings (SSSR count). The summed E-state index contributed by atoms with van der Waals surface area (Å²) in [5.41, 5.74) is 7.19. The number of ketones is 1. The first-order valence-electron chi connectivity index (χ1n) is 10.4. The molecular formula is C24H26N2O3S. The molecule has 2 heterocycles. The highest BCUT2D eigenvalue weighted by molar-refractivity contribution is 7.16. The molecule has 156 valence electrons. The van der Waals surface area contributed by atoms with Crippen LogP contribution in [0.1, 0.15) is 64.2 Å². The lowest BCUT2D eigenvalue weighted by Gasteiger charge is -2.15. The smallest absolute Gasteiger partial charge is 0.338 e. The van der Waals surface area contributed by atoms with Crippen molar-refractivity contribution < 1.29 is 14.3 Å². The van der Waals surface area contributed by atoms with E-state index in [1.165, 1.54) is 42.6 Å². The third kappa shape index (κ3) is 4.38. The van der Waals surface area contributed by atoms with E-state index >= 15 is 0 Å². The van der Waals surface area contributed by atoms with Gasteiger partial charge in [-0.15, -0.1) is 11.3 Å². The first-order valence-corrected chi connectivity index (χ1v) is 11.3. The largest absolute Gasteiger partial charge is 0.454 e. The molecule has 0 spiro atoms. The molecule has 0 bridgehead atoms. The zero-order valence-corrected chi connectivity index (χ0v) is 18.3. The third-order valence-electron chi connectivity index (χ3n) is 5.82. The maximum atomic E-state index is 12.7. The molecule has 0 amide bonds. The van der Waals surface area contributed by atoms with E-state index in [0.717, 1.165) is 34.6 Å². The molecule has 3 aromatic rings. The van der Waals surface area contributed by atoms with Gasteiger partial charge in [-0.05, 0) is 70.2 Å². The summed E-state index contributed by atoms with van der Waals surface area (Å²) in [6.45, 7) is 4.62. The van der Waals surface area contributed by atoms with Crippen molar-refractivity contribution in [2.75, 3.05) is 6.61 Å². The summed E-state index contributed by atoms with van der Waals surface area (Å²) in [5.74, 6) is -0.657. The van der Waals surface area contributed by atoms with Crippen LogP contribution in [0.25, 0.3) is 10.2 Å². The normalized spacial score (nSPS) is 14.0. The fourth-order valence-electron chi connectivity index (χ4n) is 4.09. The molecule has 0 unspecified atom stereocenters. The molecule has 2 aromatic heterocycles. The number of carbonyl (C=O) groups excluding carboxylic acids is 2. The van der Waals surface area contributed by atoms with Crippen LogP contribution in [-0.2, 0) is 11.3 Å². The highest BCUT2D eigenvalue weighted by atomic mass is 32.1. The fourth-order valence-corrected chi connectivity index (χ4v) is 4.81. The van der Waals surface area contributed by atoms with E-state index in [0.29, 0.717) is 11.1 Å². The number of hydrogen-bond acceptors (Lipinski definition) is 5. The number of esters is 1. The van der Waals surface area contributed by atoms with Gasteiger partial charge in [0.25, 0.3) is 0 Å². The molecule has 0 saturated heterocycles. The Morgan fingerprint density at radius 2 is 2.07 bits per heavy atom. The molecule has 6 heteroatoms. The summed E-state index contributed by atoms with van der Waals surface area (Å²) in [4.78, 5) is 29.3. The highest BCUT2D eigenvalue weighted by Crippen LogP contribution is 2.23. The lowest BCUT2D eigenvalue weighted by molar-refractivity contribution is 0.0474. The number of hydrogen-bond donors (Lipinski definition) is 0. The number of aryl methyl sites for hydroxylation is 1. The van der Waals surface area contributed by atoms with Crippen LogP contribution in [-0.4, -0.2) is 27.9 Å². The van der Waals surface area contributed by atoms with Crippen LogP contribution >= 0.6 is 11.3 Å². The van der Waals surface area contributed by atoms with Crippen molar-refractivity contribution >= 4 is 33.3 Å². The first-order chi connectivity index (χ1) is 14.5. The fraction of sp³-hybridized carbons (Fsp3) is 0.375. The summed E-state index contributed by atoms with van der Waals surface area (Å²) in [5, 5.41) is 0. The Morgan fingerprint density at radius 1 is 1.20 bits per heavy atom. The monoisotopic (exact) mass is 422 g/mol. The molecule has 0 radical (unpaired) electrons. The Kier molecular flexibility index (Phi) is 6.13. The van der Waals surface area contributed by atoms with Gasteiger partial charge in [-0.25, -0.2) is 9.78 Å². The molecule has 5 nitrogen and oxygen atoms in total. The Hall–Kier alpha value is -2.73. The number of allylic oxidation sites excluding steroid dienone is 2. The van der Waals surface area contributed by atoms with Crippen LogP contribution in [0, 0.1) is 13.8 Å². The molecule has 1 aliphatic carbocycles. The Morgan fingerprint density at radius 3 is 2.87 bits per heavy atom. The topological polar surface area (TPSA) is 61.2 Å². The van der Waals surface area contributed by atoms with Crippen molar-refractivity contribution in [1.82, 2.24) is 9.55 Å². The quantitative estimate of drug-likeness (QED) is 0.281. The van der Waals surface area contributed by atoms with Crippen molar-refractivity contribution in [2.24, 2.45) is 0 Å². The van der Waals surface area contributed by atoms with Crippen molar-refractivity contribution in [3.63, 3.8) is 0 Å². The molecule has 1 aromatic carbocycles. The number of ether oxygens (including phenoxy) is 1. The number of nitrogens with zero attached hydrogens (tertiary/aromatic N) is 2. The molecule has 0 atom stereocenters. The maximum Gasteiger partial charge on any atom is 0.338 e. The Labute approximate surface area is 180 Å². The van der Waals surface area contributed by atoms with Gasteiger partial charge in [0, 0.05) is 23.5 Å². The third-order valence-corrected chi connectivity index (χ3v) is 6.61. The molecule has 0 fully saturated rings. The predicted molar refractivity (Wildman–Crippen MR) is 119 cm³/mol. The van der Waals surface area contributed by atoms with E-state index in [9.17, 15) is 9.59 Å².